The van der Waals surface area contributed by atoms with E-state index < -0.39 is 0 Å². The Morgan fingerprint density at radius 1 is 1.08 bits per heavy atom. The molecule has 13 heavy (non-hydrogen) atoms. The minimum Gasteiger partial charge on any atom is -0.355 e. The van der Waals surface area contributed by atoms with Crippen molar-refractivity contribution in [3.8, 4) is 0 Å². The van der Waals surface area contributed by atoms with E-state index in [0.717, 1.165) is 25.9 Å². The molecule has 0 heterocycles. The van der Waals surface area contributed by atoms with Gasteiger partial charge in [0.25, 0.3) is 0 Å². The van der Waals surface area contributed by atoms with Gasteiger partial charge in [0.15, 0.2) is 0 Å². The Kier molecular flexibility index (Phi) is 9.10. The van der Waals surface area contributed by atoms with Crippen molar-refractivity contribution in [2.75, 3.05) is 19.6 Å². The molecule has 2 N–H and O–H groups in total. The summed E-state index contributed by atoms with van der Waals surface area (Å²) >= 11 is 0. The molecule has 0 aromatic carbocycles. The number of rotatable bonds is 8. The van der Waals surface area contributed by atoms with E-state index in [-0.39, 0.29) is 5.91 Å². The summed E-state index contributed by atoms with van der Waals surface area (Å²) in [6.07, 6.45) is 4.63. The number of hydrogen-bond donors (Lipinski definition) is 2. The lowest BCUT2D eigenvalue weighted by Crippen LogP contribution is -2.34. The Balaban J connectivity index is 3.08. The second-order valence-corrected chi connectivity index (χ2v) is 3.23. The van der Waals surface area contributed by atoms with Crippen LogP contribution >= 0.6 is 0 Å². The molecule has 1 amide bonds. The summed E-state index contributed by atoms with van der Waals surface area (Å²) in [6.45, 7) is 6.43. The molecule has 0 fully saturated rings. The van der Waals surface area contributed by atoms with Crippen LogP contribution in [0.3, 0.4) is 0 Å². The summed E-state index contributed by atoms with van der Waals surface area (Å²) in [5.41, 5.74) is 0. The van der Waals surface area contributed by atoms with E-state index in [1.807, 2.05) is 0 Å². The Morgan fingerprint density at radius 2 is 1.85 bits per heavy atom. The molecular weight excluding hydrogens is 164 g/mol. The second-order valence-electron chi connectivity index (χ2n) is 3.23. The third-order valence-corrected chi connectivity index (χ3v) is 1.81. The third-order valence-electron chi connectivity index (χ3n) is 1.81. The van der Waals surface area contributed by atoms with Crippen molar-refractivity contribution in [2.24, 2.45) is 0 Å². The molecule has 3 nitrogen and oxygen atoms in total. The predicted molar refractivity (Wildman–Crippen MR) is 55.7 cm³/mol. The zero-order valence-corrected chi connectivity index (χ0v) is 8.86. The van der Waals surface area contributed by atoms with Crippen LogP contribution in [0.25, 0.3) is 0 Å². The average Bonchev–Trinajstić information content (AvgIpc) is 2.14. The Morgan fingerprint density at radius 3 is 2.46 bits per heavy atom. The summed E-state index contributed by atoms with van der Waals surface area (Å²) in [7, 11) is 0. The van der Waals surface area contributed by atoms with E-state index in [2.05, 4.69) is 24.5 Å². The molecule has 0 unspecified atom stereocenters. The van der Waals surface area contributed by atoms with Crippen molar-refractivity contribution in [1.29, 1.82) is 0 Å². The normalized spacial score (nSPS) is 10.0. The second kappa shape index (κ2) is 9.52. The fourth-order valence-corrected chi connectivity index (χ4v) is 1.03. The van der Waals surface area contributed by atoms with Gasteiger partial charge in [0.05, 0.1) is 6.54 Å². The van der Waals surface area contributed by atoms with Gasteiger partial charge < -0.3 is 10.6 Å². The number of nitrogens with one attached hydrogen (secondary N) is 2. The first kappa shape index (κ1) is 12.4. The lowest BCUT2D eigenvalue weighted by molar-refractivity contribution is -0.120. The van der Waals surface area contributed by atoms with Gasteiger partial charge >= 0.3 is 0 Å². The van der Waals surface area contributed by atoms with Crippen LogP contribution in [0, 0.1) is 0 Å². The largest absolute Gasteiger partial charge is 0.355 e. The van der Waals surface area contributed by atoms with Crippen molar-refractivity contribution in [3.05, 3.63) is 0 Å². The summed E-state index contributed by atoms with van der Waals surface area (Å²) in [5, 5.41) is 5.94. The van der Waals surface area contributed by atoms with Gasteiger partial charge in [0, 0.05) is 6.54 Å². The van der Waals surface area contributed by atoms with Crippen molar-refractivity contribution < 1.29 is 4.79 Å². The molecule has 0 aromatic heterocycles. The van der Waals surface area contributed by atoms with Gasteiger partial charge in [-0.05, 0) is 19.4 Å². The molecule has 0 aromatic rings. The first-order valence-electron chi connectivity index (χ1n) is 5.28. The fourth-order valence-electron chi connectivity index (χ4n) is 1.03. The zero-order chi connectivity index (χ0) is 9.94. The first-order chi connectivity index (χ1) is 6.31. The highest BCUT2D eigenvalue weighted by molar-refractivity contribution is 5.77. The maximum atomic E-state index is 11.1. The molecule has 0 radical (unpaired) electrons. The number of amides is 1. The minimum absolute atomic E-state index is 0.110. The van der Waals surface area contributed by atoms with E-state index in [4.69, 9.17) is 0 Å². The van der Waals surface area contributed by atoms with E-state index in [0.29, 0.717) is 6.54 Å². The molecule has 0 bridgehead atoms. The molecule has 0 spiro atoms. The highest BCUT2D eigenvalue weighted by Gasteiger charge is 1.97. The highest BCUT2D eigenvalue weighted by atomic mass is 16.1. The SMILES string of the molecule is CCCCCNCC(=O)NCCC. The van der Waals surface area contributed by atoms with Gasteiger partial charge in [0.1, 0.15) is 0 Å². The van der Waals surface area contributed by atoms with Gasteiger partial charge in [-0.3, -0.25) is 4.79 Å². The van der Waals surface area contributed by atoms with Crippen LogP contribution in [0.4, 0.5) is 0 Å². The topological polar surface area (TPSA) is 41.1 Å². The summed E-state index contributed by atoms with van der Waals surface area (Å²) in [5.74, 6) is 0.110. The van der Waals surface area contributed by atoms with Crippen LogP contribution in [-0.2, 0) is 4.79 Å². The van der Waals surface area contributed by atoms with E-state index in [1.165, 1.54) is 12.8 Å². The summed E-state index contributed by atoms with van der Waals surface area (Å²) in [4.78, 5) is 11.1. The summed E-state index contributed by atoms with van der Waals surface area (Å²) < 4.78 is 0. The Labute approximate surface area is 81.3 Å². The van der Waals surface area contributed by atoms with E-state index in [1.54, 1.807) is 0 Å². The molecule has 0 saturated heterocycles. The molecule has 0 aliphatic rings. The molecular formula is C10H22N2O. The molecule has 78 valence electrons. The van der Waals surface area contributed by atoms with Gasteiger partial charge in [-0.2, -0.15) is 0 Å². The minimum atomic E-state index is 0.110. The first-order valence-corrected chi connectivity index (χ1v) is 5.28. The molecule has 0 aliphatic carbocycles. The number of unbranched alkanes of at least 4 members (excludes halogenated alkanes) is 2. The lowest BCUT2D eigenvalue weighted by atomic mass is 10.2. The van der Waals surface area contributed by atoms with Crippen LogP contribution in [0.15, 0.2) is 0 Å². The van der Waals surface area contributed by atoms with Crippen LogP contribution in [0.1, 0.15) is 39.5 Å². The van der Waals surface area contributed by atoms with Crippen LogP contribution in [-0.4, -0.2) is 25.5 Å². The van der Waals surface area contributed by atoms with Gasteiger partial charge in [-0.1, -0.05) is 26.7 Å². The van der Waals surface area contributed by atoms with E-state index in [9.17, 15) is 4.79 Å². The van der Waals surface area contributed by atoms with Crippen molar-refractivity contribution in [2.45, 2.75) is 39.5 Å². The maximum absolute atomic E-state index is 11.1. The molecule has 0 atom stereocenters. The van der Waals surface area contributed by atoms with Gasteiger partial charge in [-0.25, -0.2) is 0 Å². The van der Waals surface area contributed by atoms with Crippen LogP contribution < -0.4 is 10.6 Å². The lowest BCUT2D eigenvalue weighted by Gasteiger charge is -2.04. The Bertz CT molecular complexity index is 126. The van der Waals surface area contributed by atoms with Gasteiger partial charge in [-0.15, -0.1) is 0 Å². The van der Waals surface area contributed by atoms with E-state index >= 15 is 0 Å². The smallest absolute Gasteiger partial charge is 0.233 e. The molecule has 3 heteroatoms. The van der Waals surface area contributed by atoms with Gasteiger partial charge in [0.2, 0.25) is 5.91 Å². The molecule has 0 aliphatic heterocycles. The quantitative estimate of drug-likeness (QED) is 0.561. The molecule has 0 saturated carbocycles. The average molecular weight is 186 g/mol. The highest BCUT2D eigenvalue weighted by Crippen LogP contribution is 1.90. The Hall–Kier alpha value is -0.570. The maximum Gasteiger partial charge on any atom is 0.233 e. The zero-order valence-electron chi connectivity index (χ0n) is 8.86. The monoisotopic (exact) mass is 186 g/mol. The standard InChI is InChI=1S/C10H22N2O/c1-3-5-6-8-11-9-10(13)12-7-4-2/h11H,3-9H2,1-2H3,(H,12,13). The molecule has 0 rings (SSSR count). The third kappa shape index (κ3) is 9.34. The van der Waals surface area contributed by atoms with Crippen LogP contribution in [0.2, 0.25) is 0 Å². The number of carbonyl (C=O) groups is 1. The van der Waals surface area contributed by atoms with Crippen LogP contribution in [0.5, 0.6) is 0 Å². The van der Waals surface area contributed by atoms with Crippen molar-refractivity contribution in [1.82, 2.24) is 10.6 Å². The fraction of sp³-hybridized carbons (Fsp3) is 0.900. The number of hydrogen-bond acceptors (Lipinski definition) is 2. The number of carbonyl (C=O) groups excluding carboxylic acids is 1. The predicted octanol–water partition coefficient (Wildman–Crippen LogP) is 1.29. The summed E-state index contributed by atoms with van der Waals surface area (Å²) in [6, 6.07) is 0. The van der Waals surface area contributed by atoms with Crippen molar-refractivity contribution >= 4 is 5.91 Å². The van der Waals surface area contributed by atoms with Crippen molar-refractivity contribution in [3.63, 3.8) is 0 Å².